The minimum atomic E-state index is 0.0903. The van der Waals surface area contributed by atoms with Crippen LogP contribution in [0.4, 0.5) is 0 Å². The van der Waals surface area contributed by atoms with Crippen LogP contribution in [0.15, 0.2) is 53.0 Å². The Morgan fingerprint density at radius 1 is 1.00 bits per heavy atom. The molecule has 0 radical (unpaired) electrons. The van der Waals surface area contributed by atoms with Crippen LogP contribution in [0, 0.1) is 0 Å². The standard InChI is InChI=1S/C15H12BrNO/c16-14-7-3-6-11(8-14)15(18)17-9-12-4-1-2-5-13(12)10-17/h1-8H,9-10H2. The summed E-state index contributed by atoms with van der Waals surface area (Å²) in [5, 5.41) is 0. The molecule has 3 rings (SSSR count). The second-order valence-electron chi connectivity index (χ2n) is 4.44. The zero-order chi connectivity index (χ0) is 12.5. The van der Waals surface area contributed by atoms with Gasteiger partial charge in [0, 0.05) is 23.1 Å². The van der Waals surface area contributed by atoms with Gasteiger partial charge in [-0.1, -0.05) is 46.3 Å². The van der Waals surface area contributed by atoms with Gasteiger partial charge in [-0.05, 0) is 29.3 Å². The molecule has 1 heterocycles. The Bertz CT molecular complexity index is 584. The second kappa shape index (κ2) is 4.58. The van der Waals surface area contributed by atoms with Crippen LogP contribution in [-0.4, -0.2) is 10.8 Å². The Morgan fingerprint density at radius 3 is 2.28 bits per heavy atom. The van der Waals surface area contributed by atoms with Gasteiger partial charge in [0.05, 0.1) is 0 Å². The molecule has 0 atom stereocenters. The van der Waals surface area contributed by atoms with Crippen molar-refractivity contribution in [1.29, 1.82) is 0 Å². The molecule has 1 amide bonds. The van der Waals surface area contributed by atoms with E-state index < -0.39 is 0 Å². The molecule has 2 nitrogen and oxygen atoms in total. The van der Waals surface area contributed by atoms with Crippen LogP contribution in [0.1, 0.15) is 21.5 Å². The number of carbonyl (C=O) groups is 1. The summed E-state index contributed by atoms with van der Waals surface area (Å²) in [6.07, 6.45) is 0. The fourth-order valence-corrected chi connectivity index (χ4v) is 2.68. The monoisotopic (exact) mass is 301 g/mol. The first-order valence-corrected chi connectivity index (χ1v) is 6.65. The zero-order valence-electron chi connectivity index (χ0n) is 9.77. The van der Waals surface area contributed by atoms with E-state index in [2.05, 4.69) is 28.1 Å². The third-order valence-electron chi connectivity index (χ3n) is 3.20. The van der Waals surface area contributed by atoms with Gasteiger partial charge in [-0.25, -0.2) is 0 Å². The Morgan fingerprint density at radius 2 is 1.67 bits per heavy atom. The van der Waals surface area contributed by atoms with Crippen LogP contribution in [0.3, 0.4) is 0 Å². The number of rotatable bonds is 1. The maximum Gasteiger partial charge on any atom is 0.254 e. The highest BCUT2D eigenvalue weighted by Gasteiger charge is 2.23. The topological polar surface area (TPSA) is 20.3 Å². The molecular formula is C15H12BrNO. The van der Waals surface area contributed by atoms with Crippen molar-refractivity contribution >= 4 is 21.8 Å². The Hall–Kier alpha value is -1.61. The van der Waals surface area contributed by atoms with E-state index in [0.717, 1.165) is 10.0 Å². The summed E-state index contributed by atoms with van der Waals surface area (Å²) in [4.78, 5) is 14.3. The molecule has 0 fully saturated rings. The number of nitrogens with zero attached hydrogens (tertiary/aromatic N) is 1. The minimum Gasteiger partial charge on any atom is -0.330 e. The molecular weight excluding hydrogens is 290 g/mol. The average Bonchev–Trinajstić information content (AvgIpc) is 2.81. The van der Waals surface area contributed by atoms with Crippen LogP contribution < -0.4 is 0 Å². The minimum absolute atomic E-state index is 0.0903. The third kappa shape index (κ3) is 2.06. The van der Waals surface area contributed by atoms with E-state index in [4.69, 9.17) is 0 Å². The number of benzene rings is 2. The molecule has 1 aliphatic heterocycles. The average molecular weight is 302 g/mol. The van der Waals surface area contributed by atoms with Crippen molar-refractivity contribution in [3.05, 3.63) is 69.7 Å². The molecule has 0 saturated heterocycles. The van der Waals surface area contributed by atoms with E-state index in [9.17, 15) is 4.79 Å². The van der Waals surface area contributed by atoms with E-state index in [1.807, 2.05) is 41.3 Å². The molecule has 1 aliphatic rings. The first-order chi connectivity index (χ1) is 8.74. The van der Waals surface area contributed by atoms with Gasteiger partial charge < -0.3 is 4.90 Å². The number of hydrogen-bond acceptors (Lipinski definition) is 1. The maximum absolute atomic E-state index is 12.4. The van der Waals surface area contributed by atoms with Crippen LogP contribution >= 0.6 is 15.9 Å². The van der Waals surface area contributed by atoms with Gasteiger partial charge in [0.15, 0.2) is 0 Å². The van der Waals surface area contributed by atoms with Crippen molar-refractivity contribution in [2.75, 3.05) is 0 Å². The molecule has 0 N–H and O–H groups in total. The fraction of sp³-hybridized carbons (Fsp3) is 0.133. The number of hydrogen-bond donors (Lipinski definition) is 0. The van der Waals surface area contributed by atoms with Gasteiger partial charge in [-0.15, -0.1) is 0 Å². The van der Waals surface area contributed by atoms with E-state index in [1.165, 1.54) is 11.1 Å². The zero-order valence-corrected chi connectivity index (χ0v) is 11.4. The molecule has 0 spiro atoms. The molecule has 2 aromatic rings. The smallest absolute Gasteiger partial charge is 0.254 e. The van der Waals surface area contributed by atoms with Crippen LogP contribution in [0.25, 0.3) is 0 Å². The lowest BCUT2D eigenvalue weighted by Crippen LogP contribution is -2.25. The quantitative estimate of drug-likeness (QED) is 0.788. The number of carbonyl (C=O) groups excluding carboxylic acids is 1. The number of halogens is 1. The van der Waals surface area contributed by atoms with Gasteiger partial charge in [0.25, 0.3) is 5.91 Å². The van der Waals surface area contributed by atoms with Crippen molar-refractivity contribution in [3.63, 3.8) is 0 Å². The Labute approximate surface area is 114 Å². The molecule has 0 saturated carbocycles. The van der Waals surface area contributed by atoms with Crippen molar-refractivity contribution in [1.82, 2.24) is 4.90 Å². The second-order valence-corrected chi connectivity index (χ2v) is 5.36. The summed E-state index contributed by atoms with van der Waals surface area (Å²) in [6.45, 7) is 1.42. The van der Waals surface area contributed by atoms with E-state index in [1.54, 1.807) is 0 Å². The Kier molecular flexibility index (Phi) is 2.92. The molecule has 0 aliphatic carbocycles. The summed E-state index contributed by atoms with van der Waals surface area (Å²) < 4.78 is 0.935. The molecule has 90 valence electrons. The van der Waals surface area contributed by atoms with Crippen molar-refractivity contribution in [2.24, 2.45) is 0 Å². The highest BCUT2D eigenvalue weighted by Crippen LogP contribution is 2.24. The number of fused-ring (bicyclic) bond motifs is 1. The predicted molar refractivity (Wildman–Crippen MR) is 74.2 cm³/mol. The van der Waals surface area contributed by atoms with Crippen molar-refractivity contribution in [3.8, 4) is 0 Å². The molecule has 0 unspecified atom stereocenters. The molecule has 3 heteroatoms. The largest absolute Gasteiger partial charge is 0.330 e. The summed E-state index contributed by atoms with van der Waals surface area (Å²) in [6, 6.07) is 15.8. The lowest BCUT2D eigenvalue weighted by molar-refractivity contribution is 0.0751. The van der Waals surface area contributed by atoms with Crippen LogP contribution in [0.5, 0.6) is 0 Å². The van der Waals surface area contributed by atoms with Gasteiger partial charge in [-0.2, -0.15) is 0 Å². The summed E-state index contributed by atoms with van der Waals surface area (Å²) in [5.74, 6) is 0.0903. The van der Waals surface area contributed by atoms with E-state index in [0.29, 0.717) is 13.1 Å². The highest BCUT2D eigenvalue weighted by atomic mass is 79.9. The molecule has 0 bridgehead atoms. The summed E-state index contributed by atoms with van der Waals surface area (Å²) >= 11 is 3.40. The van der Waals surface area contributed by atoms with Gasteiger partial charge >= 0.3 is 0 Å². The van der Waals surface area contributed by atoms with Crippen molar-refractivity contribution < 1.29 is 4.79 Å². The van der Waals surface area contributed by atoms with Gasteiger partial charge in [-0.3, -0.25) is 4.79 Å². The van der Waals surface area contributed by atoms with Crippen LogP contribution in [-0.2, 0) is 13.1 Å². The SMILES string of the molecule is O=C(c1cccc(Br)c1)N1Cc2ccccc2C1. The number of amides is 1. The molecule has 0 aromatic heterocycles. The van der Waals surface area contributed by atoms with Crippen LogP contribution in [0.2, 0.25) is 0 Å². The lowest BCUT2D eigenvalue weighted by Gasteiger charge is -2.15. The summed E-state index contributed by atoms with van der Waals surface area (Å²) in [5.41, 5.74) is 3.24. The molecule has 2 aromatic carbocycles. The van der Waals surface area contributed by atoms with Gasteiger partial charge in [0.1, 0.15) is 0 Å². The third-order valence-corrected chi connectivity index (χ3v) is 3.69. The highest BCUT2D eigenvalue weighted by molar-refractivity contribution is 9.10. The summed E-state index contributed by atoms with van der Waals surface area (Å²) in [7, 11) is 0. The first-order valence-electron chi connectivity index (χ1n) is 5.85. The van der Waals surface area contributed by atoms with Crippen molar-refractivity contribution in [2.45, 2.75) is 13.1 Å². The fourth-order valence-electron chi connectivity index (χ4n) is 2.28. The predicted octanol–water partition coefficient (Wildman–Crippen LogP) is 3.61. The first kappa shape index (κ1) is 11.5. The molecule has 18 heavy (non-hydrogen) atoms. The van der Waals surface area contributed by atoms with E-state index in [-0.39, 0.29) is 5.91 Å². The maximum atomic E-state index is 12.4. The van der Waals surface area contributed by atoms with Gasteiger partial charge in [0.2, 0.25) is 0 Å². The lowest BCUT2D eigenvalue weighted by atomic mass is 10.1. The van der Waals surface area contributed by atoms with E-state index >= 15 is 0 Å². The Balaban J connectivity index is 1.84. The normalized spacial score (nSPS) is 13.5.